The van der Waals surface area contributed by atoms with Crippen LogP contribution in [-0.4, -0.2) is 56.6 Å². The first-order valence-corrected chi connectivity index (χ1v) is 13.3. The van der Waals surface area contributed by atoms with Crippen LogP contribution in [0.25, 0.3) is 0 Å². The molecule has 2 rings (SSSR count). The van der Waals surface area contributed by atoms with Crippen LogP contribution in [0.2, 0.25) is 0 Å². The first kappa shape index (κ1) is 28.2. The number of aryl methyl sites for hydroxylation is 2. The molecule has 0 spiro atoms. The molecule has 0 bridgehead atoms. The molecule has 0 saturated heterocycles. The molecule has 0 aliphatic heterocycles. The maximum absolute atomic E-state index is 13.6. The SMILES string of the molecule is COc1ccc(CN(C(=O)CN(c2cc(C)ccc2C)S(C)(=O)=O)[C@H](C)C(=O)NC(C)(C)C)cc1. The number of ether oxygens (including phenoxy) is 1. The minimum atomic E-state index is -3.77. The van der Waals surface area contributed by atoms with E-state index in [-0.39, 0.29) is 12.5 Å². The van der Waals surface area contributed by atoms with Crippen LogP contribution in [0.1, 0.15) is 44.4 Å². The Morgan fingerprint density at radius 2 is 1.66 bits per heavy atom. The zero-order valence-electron chi connectivity index (χ0n) is 21.9. The highest BCUT2D eigenvalue weighted by atomic mass is 32.2. The highest BCUT2D eigenvalue weighted by molar-refractivity contribution is 7.92. The number of rotatable bonds is 9. The third kappa shape index (κ3) is 7.99. The van der Waals surface area contributed by atoms with E-state index in [4.69, 9.17) is 4.74 Å². The molecule has 0 saturated carbocycles. The van der Waals surface area contributed by atoms with Crippen molar-refractivity contribution in [2.24, 2.45) is 0 Å². The maximum Gasteiger partial charge on any atom is 0.244 e. The molecule has 0 radical (unpaired) electrons. The van der Waals surface area contributed by atoms with Crippen molar-refractivity contribution in [2.75, 3.05) is 24.2 Å². The molecule has 2 aromatic carbocycles. The third-order valence-electron chi connectivity index (χ3n) is 5.49. The molecule has 2 amide bonds. The molecule has 192 valence electrons. The second-order valence-electron chi connectivity index (χ2n) is 9.84. The molecule has 0 aliphatic carbocycles. The average Bonchev–Trinajstić information content (AvgIpc) is 2.75. The Kier molecular flexibility index (Phi) is 8.94. The molecule has 0 unspecified atom stereocenters. The van der Waals surface area contributed by atoms with E-state index in [9.17, 15) is 18.0 Å². The molecule has 0 aromatic heterocycles. The number of methoxy groups -OCH3 is 1. The van der Waals surface area contributed by atoms with Gasteiger partial charge in [-0.25, -0.2) is 8.42 Å². The van der Waals surface area contributed by atoms with Gasteiger partial charge in [0, 0.05) is 12.1 Å². The molecule has 0 fully saturated rings. The second kappa shape index (κ2) is 11.1. The summed E-state index contributed by atoms with van der Waals surface area (Å²) in [5.74, 6) is -0.135. The van der Waals surface area contributed by atoms with Crippen LogP contribution in [0.5, 0.6) is 5.75 Å². The lowest BCUT2D eigenvalue weighted by Gasteiger charge is -2.33. The van der Waals surface area contributed by atoms with Crippen LogP contribution < -0.4 is 14.4 Å². The van der Waals surface area contributed by atoms with Crippen molar-refractivity contribution < 1.29 is 22.7 Å². The summed E-state index contributed by atoms with van der Waals surface area (Å²) in [6.07, 6.45) is 1.08. The Balaban J connectivity index is 2.44. The molecule has 35 heavy (non-hydrogen) atoms. The summed E-state index contributed by atoms with van der Waals surface area (Å²) < 4.78 is 31.8. The van der Waals surface area contributed by atoms with Gasteiger partial charge >= 0.3 is 0 Å². The molecular formula is C26H37N3O5S. The number of carbonyl (C=O) groups is 2. The zero-order valence-corrected chi connectivity index (χ0v) is 22.7. The van der Waals surface area contributed by atoms with Crippen molar-refractivity contribution in [3.05, 3.63) is 59.2 Å². The molecule has 0 aliphatic rings. The highest BCUT2D eigenvalue weighted by Crippen LogP contribution is 2.25. The molecule has 9 heteroatoms. The summed E-state index contributed by atoms with van der Waals surface area (Å²) in [4.78, 5) is 28.0. The lowest BCUT2D eigenvalue weighted by Crippen LogP contribution is -2.54. The van der Waals surface area contributed by atoms with Gasteiger partial charge in [-0.1, -0.05) is 24.3 Å². The lowest BCUT2D eigenvalue weighted by molar-refractivity contribution is -0.140. The first-order chi connectivity index (χ1) is 16.1. The van der Waals surface area contributed by atoms with Crippen LogP contribution in [0.4, 0.5) is 5.69 Å². The Morgan fingerprint density at radius 1 is 1.06 bits per heavy atom. The standard InChI is InChI=1S/C26H37N3O5S/c1-18-9-10-19(2)23(15-18)29(35(8,32)33)17-24(30)28(20(3)25(31)27-26(4,5)6)16-21-11-13-22(34-7)14-12-21/h9-15,20H,16-17H2,1-8H3,(H,27,31)/t20-/m1/s1. The van der Waals surface area contributed by atoms with Crippen molar-refractivity contribution in [3.8, 4) is 5.75 Å². The van der Waals surface area contributed by atoms with Crippen molar-refractivity contribution >= 4 is 27.5 Å². The van der Waals surface area contributed by atoms with Crippen molar-refractivity contribution in [1.82, 2.24) is 10.2 Å². The van der Waals surface area contributed by atoms with Crippen LogP contribution in [-0.2, 0) is 26.2 Å². The van der Waals surface area contributed by atoms with Gasteiger partial charge in [-0.3, -0.25) is 13.9 Å². The number of benzene rings is 2. The van der Waals surface area contributed by atoms with Crippen LogP contribution in [0, 0.1) is 13.8 Å². The Morgan fingerprint density at radius 3 is 2.17 bits per heavy atom. The molecule has 2 aromatic rings. The van der Waals surface area contributed by atoms with Gasteiger partial charge in [0.05, 0.1) is 19.1 Å². The fourth-order valence-corrected chi connectivity index (χ4v) is 4.47. The van der Waals surface area contributed by atoms with Crippen LogP contribution >= 0.6 is 0 Å². The van der Waals surface area contributed by atoms with Crippen LogP contribution in [0.3, 0.4) is 0 Å². The number of hydrogen-bond donors (Lipinski definition) is 1. The average molecular weight is 504 g/mol. The van der Waals surface area contributed by atoms with Crippen molar-refractivity contribution in [2.45, 2.75) is 59.7 Å². The van der Waals surface area contributed by atoms with E-state index < -0.39 is 34.1 Å². The Bertz CT molecular complexity index is 1150. The van der Waals surface area contributed by atoms with E-state index in [2.05, 4.69) is 5.32 Å². The maximum atomic E-state index is 13.6. The summed E-state index contributed by atoms with van der Waals surface area (Å²) in [6.45, 7) is 10.6. The third-order valence-corrected chi connectivity index (χ3v) is 6.62. The topological polar surface area (TPSA) is 96.0 Å². The van der Waals surface area contributed by atoms with Gasteiger partial charge in [0.15, 0.2) is 0 Å². The Hall–Kier alpha value is -3.07. The van der Waals surface area contributed by atoms with Crippen molar-refractivity contribution in [3.63, 3.8) is 0 Å². The van der Waals surface area contributed by atoms with Gasteiger partial charge in [0.1, 0.15) is 18.3 Å². The largest absolute Gasteiger partial charge is 0.497 e. The summed E-state index contributed by atoms with van der Waals surface area (Å²) in [7, 11) is -2.21. The first-order valence-electron chi connectivity index (χ1n) is 11.4. The highest BCUT2D eigenvalue weighted by Gasteiger charge is 2.31. The molecular weight excluding hydrogens is 466 g/mol. The quantitative estimate of drug-likeness (QED) is 0.566. The van der Waals surface area contributed by atoms with Crippen molar-refractivity contribution in [1.29, 1.82) is 0 Å². The molecule has 8 nitrogen and oxygen atoms in total. The summed E-state index contributed by atoms with van der Waals surface area (Å²) >= 11 is 0. The van der Waals surface area contributed by atoms with Gasteiger partial charge < -0.3 is 15.0 Å². The minimum Gasteiger partial charge on any atom is -0.497 e. The lowest BCUT2D eigenvalue weighted by atomic mass is 10.1. The number of nitrogens with zero attached hydrogens (tertiary/aromatic N) is 2. The van der Waals surface area contributed by atoms with E-state index in [0.29, 0.717) is 11.4 Å². The number of sulfonamides is 1. The monoisotopic (exact) mass is 503 g/mol. The zero-order chi connectivity index (χ0) is 26.6. The van der Waals surface area contributed by atoms with Crippen LogP contribution in [0.15, 0.2) is 42.5 Å². The van der Waals surface area contributed by atoms with E-state index in [1.807, 2.05) is 52.0 Å². The predicted molar refractivity (Wildman–Crippen MR) is 139 cm³/mol. The summed E-state index contributed by atoms with van der Waals surface area (Å²) in [5, 5.41) is 2.91. The van der Waals surface area contributed by atoms with Gasteiger partial charge in [-0.2, -0.15) is 0 Å². The van der Waals surface area contributed by atoms with E-state index in [0.717, 1.165) is 27.3 Å². The molecule has 1 N–H and O–H groups in total. The molecule has 1 atom stereocenters. The summed E-state index contributed by atoms with van der Waals surface area (Å²) in [6, 6.07) is 11.8. The van der Waals surface area contributed by atoms with E-state index in [1.165, 1.54) is 4.90 Å². The van der Waals surface area contributed by atoms with Gasteiger partial charge in [0.2, 0.25) is 21.8 Å². The number of amides is 2. The van der Waals surface area contributed by atoms with E-state index >= 15 is 0 Å². The summed E-state index contributed by atoms with van der Waals surface area (Å²) in [5.41, 5.74) is 2.34. The molecule has 0 heterocycles. The number of carbonyl (C=O) groups excluding carboxylic acids is 2. The second-order valence-corrected chi connectivity index (χ2v) is 11.8. The van der Waals surface area contributed by atoms with Gasteiger partial charge in [0.25, 0.3) is 0 Å². The number of hydrogen-bond acceptors (Lipinski definition) is 5. The minimum absolute atomic E-state index is 0.131. The Labute approximate surface area is 209 Å². The normalized spacial score (nSPS) is 12.6. The fraction of sp³-hybridized carbons (Fsp3) is 0.462. The number of nitrogens with one attached hydrogen (secondary N) is 1. The fourth-order valence-electron chi connectivity index (χ4n) is 3.57. The number of anilines is 1. The smallest absolute Gasteiger partial charge is 0.244 e. The predicted octanol–water partition coefficient (Wildman–Crippen LogP) is 3.41. The van der Waals surface area contributed by atoms with Gasteiger partial charge in [-0.15, -0.1) is 0 Å². The van der Waals surface area contributed by atoms with Gasteiger partial charge in [-0.05, 0) is 76.4 Å². The van der Waals surface area contributed by atoms with E-state index in [1.54, 1.807) is 39.2 Å².